The van der Waals surface area contributed by atoms with Crippen LogP contribution in [0.1, 0.15) is 16.7 Å². The minimum atomic E-state index is -0.462. The summed E-state index contributed by atoms with van der Waals surface area (Å²) in [6.07, 6.45) is 0.404. The summed E-state index contributed by atoms with van der Waals surface area (Å²) in [7, 11) is 0. The molecule has 0 unspecified atom stereocenters. The Hall–Kier alpha value is -1.88. The molecule has 1 fully saturated rings. The van der Waals surface area contributed by atoms with Gasteiger partial charge in [-0.25, -0.2) is 0 Å². The predicted octanol–water partition coefficient (Wildman–Crippen LogP) is 0.509. The maximum Gasteiger partial charge on any atom is 0.248 e. The number of benzene rings is 1. The molecule has 1 heterocycles. The maximum atomic E-state index is 12.4. The molecule has 0 atom stereocenters. The SMILES string of the molecule is Cc1ccc(C)c(CC(=O)N2CCN(C(=O)CO)CC2)c1. The molecule has 5 heteroatoms. The van der Waals surface area contributed by atoms with Gasteiger partial charge in [0.25, 0.3) is 0 Å². The molecule has 0 bridgehead atoms. The van der Waals surface area contributed by atoms with Gasteiger partial charge in [0.2, 0.25) is 11.8 Å². The van der Waals surface area contributed by atoms with Crippen molar-refractivity contribution in [1.82, 2.24) is 9.80 Å². The lowest BCUT2D eigenvalue weighted by atomic mass is 10.0. The molecule has 1 aromatic carbocycles. The summed E-state index contributed by atoms with van der Waals surface area (Å²) >= 11 is 0. The molecule has 0 aliphatic carbocycles. The highest BCUT2D eigenvalue weighted by Crippen LogP contribution is 2.13. The standard InChI is InChI=1S/C16H22N2O3/c1-12-3-4-13(2)14(9-12)10-15(20)17-5-7-18(8-6-17)16(21)11-19/h3-4,9,19H,5-8,10-11H2,1-2H3. The quantitative estimate of drug-likeness (QED) is 0.882. The van der Waals surface area contributed by atoms with Gasteiger partial charge in [0.05, 0.1) is 6.42 Å². The van der Waals surface area contributed by atoms with Crippen LogP contribution in [-0.4, -0.2) is 59.5 Å². The molecule has 2 rings (SSSR count). The van der Waals surface area contributed by atoms with E-state index < -0.39 is 6.61 Å². The molecule has 21 heavy (non-hydrogen) atoms. The van der Waals surface area contributed by atoms with Crippen LogP contribution >= 0.6 is 0 Å². The Labute approximate surface area is 125 Å². The van der Waals surface area contributed by atoms with Crippen LogP contribution in [0.3, 0.4) is 0 Å². The summed E-state index contributed by atoms with van der Waals surface area (Å²) in [5.41, 5.74) is 3.35. The minimum absolute atomic E-state index is 0.0970. The number of aliphatic hydroxyl groups is 1. The Balaban J connectivity index is 1.93. The van der Waals surface area contributed by atoms with E-state index in [0.717, 1.165) is 16.7 Å². The van der Waals surface area contributed by atoms with E-state index in [2.05, 4.69) is 6.07 Å². The molecule has 1 aromatic rings. The van der Waals surface area contributed by atoms with Gasteiger partial charge in [-0.05, 0) is 25.0 Å². The topological polar surface area (TPSA) is 60.9 Å². The zero-order valence-corrected chi connectivity index (χ0v) is 12.6. The van der Waals surface area contributed by atoms with Crippen LogP contribution in [0, 0.1) is 13.8 Å². The van der Waals surface area contributed by atoms with Crippen LogP contribution < -0.4 is 0 Å². The number of nitrogens with zero attached hydrogens (tertiary/aromatic N) is 2. The molecule has 1 saturated heterocycles. The number of aryl methyl sites for hydroxylation is 2. The van der Waals surface area contributed by atoms with Crippen LogP contribution in [0.5, 0.6) is 0 Å². The normalized spacial score (nSPS) is 15.2. The van der Waals surface area contributed by atoms with Gasteiger partial charge in [-0.2, -0.15) is 0 Å². The summed E-state index contributed by atoms with van der Waals surface area (Å²) in [5.74, 6) is -0.170. The first kappa shape index (κ1) is 15.5. The number of hydrogen-bond acceptors (Lipinski definition) is 3. The smallest absolute Gasteiger partial charge is 0.248 e. The van der Waals surface area contributed by atoms with E-state index >= 15 is 0 Å². The number of aliphatic hydroxyl groups excluding tert-OH is 1. The molecular weight excluding hydrogens is 268 g/mol. The summed E-state index contributed by atoms with van der Waals surface area (Å²) in [4.78, 5) is 27.1. The summed E-state index contributed by atoms with van der Waals surface area (Å²) in [6, 6.07) is 6.14. The van der Waals surface area contributed by atoms with Gasteiger partial charge in [0, 0.05) is 26.2 Å². The third-order valence-electron chi connectivity index (χ3n) is 3.97. The largest absolute Gasteiger partial charge is 0.387 e. The summed E-state index contributed by atoms with van der Waals surface area (Å²) in [5, 5.41) is 8.84. The maximum absolute atomic E-state index is 12.4. The van der Waals surface area contributed by atoms with Gasteiger partial charge in [-0.3, -0.25) is 9.59 Å². The van der Waals surface area contributed by atoms with Gasteiger partial charge in [-0.1, -0.05) is 23.8 Å². The van der Waals surface area contributed by atoms with Crippen molar-refractivity contribution in [2.75, 3.05) is 32.8 Å². The molecular formula is C16H22N2O3. The Morgan fingerprint density at radius 2 is 1.62 bits per heavy atom. The number of carbonyl (C=O) groups is 2. The van der Waals surface area contributed by atoms with Crippen molar-refractivity contribution in [1.29, 1.82) is 0 Å². The fourth-order valence-electron chi connectivity index (χ4n) is 2.57. The Morgan fingerprint density at radius 3 is 2.19 bits per heavy atom. The van der Waals surface area contributed by atoms with Gasteiger partial charge in [0.1, 0.15) is 6.61 Å². The lowest BCUT2D eigenvalue weighted by Gasteiger charge is -2.34. The first-order valence-corrected chi connectivity index (χ1v) is 7.24. The number of rotatable bonds is 3. The van der Waals surface area contributed by atoms with Crippen LogP contribution in [-0.2, 0) is 16.0 Å². The van der Waals surface area contributed by atoms with Crippen molar-refractivity contribution in [2.45, 2.75) is 20.3 Å². The van der Waals surface area contributed by atoms with E-state index in [4.69, 9.17) is 5.11 Å². The van der Waals surface area contributed by atoms with E-state index in [-0.39, 0.29) is 11.8 Å². The zero-order valence-electron chi connectivity index (χ0n) is 12.6. The fraction of sp³-hybridized carbons (Fsp3) is 0.500. The van der Waals surface area contributed by atoms with E-state index in [9.17, 15) is 9.59 Å². The third-order valence-corrected chi connectivity index (χ3v) is 3.97. The number of amides is 2. The van der Waals surface area contributed by atoms with Crippen molar-refractivity contribution in [3.63, 3.8) is 0 Å². The second-order valence-electron chi connectivity index (χ2n) is 5.53. The van der Waals surface area contributed by atoms with Gasteiger partial charge < -0.3 is 14.9 Å². The van der Waals surface area contributed by atoms with E-state index in [1.165, 1.54) is 0 Å². The molecule has 2 amide bonds. The van der Waals surface area contributed by atoms with Crippen molar-refractivity contribution in [3.8, 4) is 0 Å². The van der Waals surface area contributed by atoms with Crippen LogP contribution in [0.15, 0.2) is 18.2 Å². The van der Waals surface area contributed by atoms with Crippen LogP contribution in [0.4, 0.5) is 0 Å². The lowest BCUT2D eigenvalue weighted by Crippen LogP contribution is -2.51. The summed E-state index contributed by atoms with van der Waals surface area (Å²) < 4.78 is 0. The van der Waals surface area contributed by atoms with Crippen LogP contribution in [0.25, 0.3) is 0 Å². The van der Waals surface area contributed by atoms with E-state index in [1.807, 2.05) is 26.0 Å². The predicted molar refractivity (Wildman–Crippen MR) is 79.9 cm³/mol. The highest BCUT2D eigenvalue weighted by atomic mass is 16.3. The van der Waals surface area contributed by atoms with Gasteiger partial charge in [0.15, 0.2) is 0 Å². The highest BCUT2D eigenvalue weighted by Gasteiger charge is 2.23. The van der Waals surface area contributed by atoms with Gasteiger partial charge in [-0.15, -0.1) is 0 Å². The van der Waals surface area contributed by atoms with Crippen molar-refractivity contribution >= 4 is 11.8 Å². The molecule has 0 aromatic heterocycles. The second-order valence-corrected chi connectivity index (χ2v) is 5.53. The zero-order chi connectivity index (χ0) is 15.4. The molecule has 0 spiro atoms. The molecule has 0 saturated carbocycles. The highest BCUT2D eigenvalue weighted by molar-refractivity contribution is 5.80. The average molecular weight is 290 g/mol. The molecule has 1 aliphatic rings. The number of hydrogen-bond donors (Lipinski definition) is 1. The monoisotopic (exact) mass is 290 g/mol. The van der Waals surface area contributed by atoms with Crippen molar-refractivity contribution < 1.29 is 14.7 Å². The third kappa shape index (κ3) is 3.82. The molecule has 1 N–H and O–H groups in total. The molecule has 0 radical (unpaired) electrons. The van der Waals surface area contributed by atoms with E-state index in [0.29, 0.717) is 32.6 Å². The van der Waals surface area contributed by atoms with Crippen LogP contribution in [0.2, 0.25) is 0 Å². The Morgan fingerprint density at radius 1 is 1.05 bits per heavy atom. The Bertz CT molecular complexity index is 534. The van der Waals surface area contributed by atoms with E-state index in [1.54, 1.807) is 9.80 Å². The molecule has 1 aliphatic heterocycles. The first-order chi connectivity index (χ1) is 10.0. The Kier molecular flexibility index (Phi) is 4.96. The second kappa shape index (κ2) is 6.72. The van der Waals surface area contributed by atoms with Crippen molar-refractivity contribution in [3.05, 3.63) is 34.9 Å². The first-order valence-electron chi connectivity index (χ1n) is 7.24. The number of carbonyl (C=O) groups excluding carboxylic acids is 2. The minimum Gasteiger partial charge on any atom is -0.387 e. The summed E-state index contributed by atoms with van der Waals surface area (Å²) in [6.45, 7) is 5.64. The fourth-order valence-corrected chi connectivity index (χ4v) is 2.57. The number of piperazine rings is 1. The molecule has 114 valence electrons. The van der Waals surface area contributed by atoms with Gasteiger partial charge >= 0.3 is 0 Å². The van der Waals surface area contributed by atoms with Crippen molar-refractivity contribution in [2.24, 2.45) is 0 Å². The molecule has 5 nitrogen and oxygen atoms in total. The lowest BCUT2D eigenvalue weighted by molar-refractivity contribution is -0.140. The average Bonchev–Trinajstić information content (AvgIpc) is 2.50.